The van der Waals surface area contributed by atoms with Crippen molar-refractivity contribution in [3.63, 3.8) is 0 Å². The van der Waals surface area contributed by atoms with E-state index >= 15 is 0 Å². The third kappa shape index (κ3) is 4.07. The molecule has 0 aliphatic carbocycles. The highest BCUT2D eigenvalue weighted by atomic mass is 31.2. The largest absolute Gasteiger partial charge is 0.507 e. The molecule has 5 nitrogen and oxygen atoms in total. The van der Waals surface area contributed by atoms with E-state index in [9.17, 15) is 19.5 Å². The molecule has 0 radical (unpaired) electrons. The number of nitrogens with two attached hydrogens (primary N) is 1. The van der Waals surface area contributed by atoms with Crippen molar-refractivity contribution in [1.29, 1.82) is 0 Å². The number of hydrogen-bond acceptors (Lipinski definition) is 3. The van der Waals surface area contributed by atoms with E-state index in [1.807, 2.05) is 41.5 Å². The molecule has 0 spiro atoms. The van der Waals surface area contributed by atoms with E-state index in [0.29, 0.717) is 16.7 Å². The Morgan fingerprint density at radius 2 is 1.33 bits per heavy atom. The van der Waals surface area contributed by atoms with E-state index in [4.69, 9.17) is 5.73 Å². The summed E-state index contributed by atoms with van der Waals surface area (Å²) in [7, 11) is -4.44. The number of benzene rings is 1. The van der Waals surface area contributed by atoms with Crippen LogP contribution < -0.4 is 5.73 Å². The van der Waals surface area contributed by atoms with Crippen molar-refractivity contribution >= 4 is 7.60 Å². The first-order chi connectivity index (χ1) is 9.15. The van der Waals surface area contributed by atoms with Gasteiger partial charge in [-0.15, -0.1) is 0 Å². The fraction of sp³-hybridized carbons (Fsp3) is 0.600. The second kappa shape index (κ2) is 5.40. The summed E-state index contributed by atoms with van der Waals surface area (Å²) in [6.07, 6.45) is 0. The van der Waals surface area contributed by atoms with Crippen LogP contribution in [-0.2, 0) is 15.4 Å². The number of aromatic hydroxyl groups is 1. The molecule has 1 aromatic rings. The molecule has 1 unspecified atom stereocenters. The standard InChI is InChI=1S/C15H26NO4P/c1-14(2,3)10-7-9(13(16)21(18,19)20)8-11(12(10)17)15(4,5)6/h7-8,13,17H,16H2,1-6H3,(H2,18,19,20). The normalized spacial score (nSPS) is 15.1. The minimum Gasteiger partial charge on any atom is -0.507 e. The van der Waals surface area contributed by atoms with Crippen LogP contribution in [-0.4, -0.2) is 14.9 Å². The van der Waals surface area contributed by atoms with Gasteiger partial charge in [0, 0.05) is 0 Å². The Balaban J connectivity index is 3.67. The molecule has 0 saturated carbocycles. The highest BCUT2D eigenvalue weighted by Gasteiger charge is 2.32. The average Bonchev–Trinajstić information content (AvgIpc) is 2.23. The van der Waals surface area contributed by atoms with Crippen molar-refractivity contribution in [2.45, 2.75) is 58.2 Å². The molecule has 1 atom stereocenters. The van der Waals surface area contributed by atoms with Crippen LogP contribution in [0.3, 0.4) is 0 Å². The molecule has 21 heavy (non-hydrogen) atoms. The first-order valence-corrected chi connectivity index (χ1v) is 8.52. The summed E-state index contributed by atoms with van der Waals surface area (Å²) in [6.45, 7) is 11.6. The summed E-state index contributed by atoms with van der Waals surface area (Å²) >= 11 is 0. The van der Waals surface area contributed by atoms with E-state index in [1.165, 1.54) is 0 Å². The zero-order valence-electron chi connectivity index (χ0n) is 13.5. The van der Waals surface area contributed by atoms with Gasteiger partial charge in [-0.25, -0.2) is 0 Å². The Kier molecular flexibility index (Phi) is 4.67. The zero-order chi connectivity index (χ0) is 16.8. The lowest BCUT2D eigenvalue weighted by atomic mass is 9.78. The van der Waals surface area contributed by atoms with Crippen LogP contribution in [0.1, 0.15) is 64.0 Å². The van der Waals surface area contributed by atoms with Crippen molar-refractivity contribution < 1.29 is 19.5 Å². The van der Waals surface area contributed by atoms with E-state index < -0.39 is 13.4 Å². The molecule has 0 aromatic heterocycles. The van der Waals surface area contributed by atoms with Gasteiger partial charge in [0.05, 0.1) is 0 Å². The smallest absolute Gasteiger partial charge is 0.346 e. The fourth-order valence-corrected chi connectivity index (χ4v) is 2.70. The van der Waals surface area contributed by atoms with E-state index in [0.717, 1.165) is 0 Å². The van der Waals surface area contributed by atoms with Crippen LogP contribution in [0, 0.1) is 0 Å². The number of hydrogen-bond donors (Lipinski definition) is 4. The summed E-state index contributed by atoms with van der Waals surface area (Å²) in [5, 5.41) is 10.5. The van der Waals surface area contributed by atoms with Crippen LogP contribution in [0.5, 0.6) is 5.75 Å². The lowest BCUT2D eigenvalue weighted by molar-refractivity contribution is 0.359. The van der Waals surface area contributed by atoms with Crippen molar-refractivity contribution in [3.05, 3.63) is 28.8 Å². The molecule has 0 saturated heterocycles. The minimum atomic E-state index is -4.44. The summed E-state index contributed by atoms with van der Waals surface area (Å²) in [5.41, 5.74) is 6.58. The SMILES string of the molecule is CC(C)(C)c1cc(C(N)P(=O)(O)O)cc(C(C)(C)C)c1O. The molecule has 0 bridgehead atoms. The van der Waals surface area contributed by atoms with Crippen molar-refractivity contribution in [2.24, 2.45) is 5.73 Å². The fourth-order valence-electron chi connectivity index (χ4n) is 2.17. The first kappa shape index (κ1) is 18.2. The third-order valence-corrected chi connectivity index (χ3v) is 4.48. The number of rotatable bonds is 2. The van der Waals surface area contributed by atoms with Crippen LogP contribution in [0.4, 0.5) is 0 Å². The van der Waals surface area contributed by atoms with Gasteiger partial charge in [-0.3, -0.25) is 4.57 Å². The number of phenols is 1. The summed E-state index contributed by atoms with van der Waals surface area (Å²) < 4.78 is 11.4. The molecular formula is C15H26NO4P. The van der Waals surface area contributed by atoms with Crippen molar-refractivity contribution in [3.8, 4) is 5.75 Å². The van der Waals surface area contributed by atoms with Crippen LogP contribution >= 0.6 is 7.60 Å². The Bertz CT molecular complexity index is 543. The highest BCUT2D eigenvalue weighted by molar-refractivity contribution is 7.52. The second-order valence-electron chi connectivity index (χ2n) is 7.50. The Morgan fingerprint density at radius 1 is 1.00 bits per heavy atom. The van der Waals surface area contributed by atoms with Crippen LogP contribution in [0.25, 0.3) is 0 Å². The van der Waals surface area contributed by atoms with E-state index in [2.05, 4.69) is 0 Å². The minimum absolute atomic E-state index is 0.164. The van der Waals surface area contributed by atoms with Gasteiger partial charge in [0.15, 0.2) is 0 Å². The molecule has 5 N–H and O–H groups in total. The van der Waals surface area contributed by atoms with Gasteiger partial charge in [0.25, 0.3) is 0 Å². The quantitative estimate of drug-likeness (QED) is 0.628. The summed E-state index contributed by atoms with van der Waals surface area (Å²) in [6, 6.07) is 3.18. The van der Waals surface area contributed by atoms with Gasteiger partial charge < -0.3 is 20.6 Å². The second-order valence-corrected chi connectivity index (χ2v) is 9.23. The van der Waals surface area contributed by atoms with Gasteiger partial charge >= 0.3 is 7.60 Å². The van der Waals surface area contributed by atoms with Gasteiger partial charge in [-0.05, 0) is 39.7 Å². The highest BCUT2D eigenvalue weighted by Crippen LogP contribution is 2.50. The molecule has 1 aromatic carbocycles. The van der Waals surface area contributed by atoms with Gasteiger partial charge in [-0.1, -0.05) is 41.5 Å². The van der Waals surface area contributed by atoms with Crippen LogP contribution in [0.15, 0.2) is 12.1 Å². The molecule has 0 amide bonds. The third-order valence-electron chi connectivity index (χ3n) is 3.45. The van der Waals surface area contributed by atoms with Gasteiger partial charge in [-0.2, -0.15) is 0 Å². The Labute approximate surface area is 126 Å². The Morgan fingerprint density at radius 3 is 1.57 bits per heavy atom. The molecule has 0 aliphatic rings. The predicted molar refractivity (Wildman–Crippen MR) is 84.5 cm³/mol. The molecule has 0 heterocycles. The molecule has 6 heteroatoms. The predicted octanol–water partition coefficient (Wildman–Crippen LogP) is 3.12. The zero-order valence-corrected chi connectivity index (χ0v) is 14.4. The number of phenolic OH excluding ortho intramolecular Hbond substituents is 1. The molecular weight excluding hydrogens is 289 g/mol. The molecule has 120 valence electrons. The van der Waals surface area contributed by atoms with Crippen molar-refractivity contribution in [1.82, 2.24) is 0 Å². The Hall–Kier alpha value is -0.870. The first-order valence-electron chi connectivity index (χ1n) is 6.84. The van der Waals surface area contributed by atoms with Crippen LogP contribution in [0.2, 0.25) is 0 Å². The van der Waals surface area contributed by atoms with Crippen molar-refractivity contribution in [2.75, 3.05) is 0 Å². The maximum atomic E-state index is 11.4. The van der Waals surface area contributed by atoms with E-state index in [-0.39, 0.29) is 16.6 Å². The lowest BCUT2D eigenvalue weighted by Crippen LogP contribution is -2.20. The molecule has 0 aliphatic heterocycles. The van der Waals surface area contributed by atoms with E-state index in [1.54, 1.807) is 12.1 Å². The van der Waals surface area contributed by atoms with Gasteiger partial charge in [0.2, 0.25) is 0 Å². The molecule has 1 rings (SSSR count). The summed E-state index contributed by atoms with van der Waals surface area (Å²) in [4.78, 5) is 18.6. The lowest BCUT2D eigenvalue weighted by Gasteiger charge is -2.29. The maximum Gasteiger partial charge on any atom is 0.346 e. The topological polar surface area (TPSA) is 104 Å². The van der Waals surface area contributed by atoms with Gasteiger partial charge in [0.1, 0.15) is 11.5 Å². The average molecular weight is 315 g/mol. The monoisotopic (exact) mass is 315 g/mol. The summed E-state index contributed by atoms with van der Waals surface area (Å²) in [5.74, 6) is -1.23. The molecule has 0 fully saturated rings. The maximum absolute atomic E-state index is 11.4.